The molecular weight excluding hydrogens is 260 g/mol. The van der Waals surface area contributed by atoms with Crippen LogP contribution < -0.4 is 0 Å². The molecule has 2 heteroatoms. The number of rotatable bonds is 3. The van der Waals surface area contributed by atoms with Crippen molar-refractivity contribution >= 4 is 5.97 Å². The van der Waals surface area contributed by atoms with Crippen molar-refractivity contribution in [2.45, 2.75) is 64.4 Å². The molecule has 1 saturated carbocycles. The number of carbonyl (C=O) groups is 1. The average Bonchev–Trinajstić information content (AvgIpc) is 2.87. The molecular formula is C19H26O2. The van der Waals surface area contributed by atoms with E-state index in [1.54, 1.807) is 6.92 Å². The van der Waals surface area contributed by atoms with Gasteiger partial charge in [-0.2, -0.15) is 0 Å². The highest BCUT2D eigenvalue weighted by Gasteiger charge is 2.39. The van der Waals surface area contributed by atoms with Gasteiger partial charge in [0.05, 0.1) is 0 Å². The molecule has 0 heterocycles. The van der Waals surface area contributed by atoms with E-state index < -0.39 is 5.60 Å². The van der Waals surface area contributed by atoms with Crippen LogP contribution in [0.5, 0.6) is 0 Å². The molecule has 0 radical (unpaired) electrons. The van der Waals surface area contributed by atoms with Gasteiger partial charge in [-0.1, -0.05) is 51.6 Å². The lowest BCUT2D eigenvalue weighted by Gasteiger charge is -2.30. The SMILES string of the molecule is C=C(C)C(=O)OC1(c2ccc(C(C)(C)C)cc2)CCCC1. The minimum Gasteiger partial charge on any atom is -0.451 e. The van der Waals surface area contributed by atoms with E-state index in [1.165, 1.54) is 5.56 Å². The molecule has 1 aliphatic carbocycles. The normalized spacial score (nSPS) is 17.5. The largest absolute Gasteiger partial charge is 0.451 e. The molecule has 0 aliphatic heterocycles. The third kappa shape index (κ3) is 3.37. The van der Waals surface area contributed by atoms with Gasteiger partial charge >= 0.3 is 5.97 Å². The van der Waals surface area contributed by atoms with E-state index in [0.717, 1.165) is 31.2 Å². The monoisotopic (exact) mass is 286 g/mol. The standard InChI is InChI=1S/C19H26O2/c1-14(2)17(20)21-19(12-6-7-13-19)16-10-8-15(9-11-16)18(3,4)5/h8-11H,1,6-7,12-13H2,2-5H3. The quantitative estimate of drug-likeness (QED) is 0.585. The van der Waals surface area contributed by atoms with Crippen molar-refractivity contribution in [3.8, 4) is 0 Å². The molecule has 1 aromatic carbocycles. The summed E-state index contributed by atoms with van der Waals surface area (Å²) in [5.74, 6) is -0.281. The molecule has 0 atom stereocenters. The van der Waals surface area contributed by atoms with Crippen LogP contribution >= 0.6 is 0 Å². The lowest BCUT2D eigenvalue weighted by atomic mass is 9.84. The molecule has 1 aromatic rings. The Morgan fingerprint density at radius 2 is 1.67 bits per heavy atom. The van der Waals surface area contributed by atoms with Gasteiger partial charge in [-0.15, -0.1) is 0 Å². The van der Waals surface area contributed by atoms with E-state index in [4.69, 9.17) is 4.74 Å². The zero-order valence-electron chi connectivity index (χ0n) is 13.7. The van der Waals surface area contributed by atoms with E-state index in [0.29, 0.717) is 5.57 Å². The van der Waals surface area contributed by atoms with Crippen LogP contribution in [0.1, 0.15) is 64.5 Å². The Hall–Kier alpha value is -1.57. The fourth-order valence-corrected chi connectivity index (χ4v) is 2.93. The minimum absolute atomic E-state index is 0.135. The number of ether oxygens (including phenoxy) is 1. The second-order valence-electron chi connectivity index (χ2n) is 7.20. The van der Waals surface area contributed by atoms with Gasteiger partial charge in [0.2, 0.25) is 0 Å². The van der Waals surface area contributed by atoms with Crippen LogP contribution in [0.15, 0.2) is 36.4 Å². The summed E-state index contributed by atoms with van der Waals surface area (Å²) in [4.78, 5) is 12.0. The summed E-state index contributed by atoms with van der Waals surface area (Å²) < 4.78 is 5.83. The van der Waals surface area contributed by atoms with Crippen molar-refractivity contribution in [1.82, 2.24) is 0 Å². The third-order valence-electron chi connectivity index (χ3n) is 4.32. The molecule has 2 nitrogen and oxygen atoms in total. The molecule has 0 bridgehead atoms. The number of benzene rings is 1. The maximum atomic E-state index is 12.0. The van der Waals surface area contributed by atoms with E-state index in [-0.39, 0.29) is 11.4 Å². The van der Waals surface area contributed by atoms with E-state index in [2.05, 4.69) is 51.6 Å². The Labute approximate surface area is 128 Å². The summed E-state index contributed by atoms with van der Waals surface area (Å²) in [5, 5.41) is 0. The van der Waals surface area contributed by atoms with Gasteiger partial charge < -0.3 is 4.74 Å². The van der Waals surface area contributed by atoms with Gasteiger partial charge in [0.15, 0.2) is 0 Å². The van der Waals surface area contributed by atoms with E-state index in [9.17, 15) is 4.79 Å². The van der Waals surface area contributed by atoms with Gasteiger partial charge in [0, 0.05) is 5.57 Å². The first-order valence-electron chi connectivity index (χ1n) is 7.74. The Morgan fingerprint density at radius 3 is 2.10 bits per heavy atom. The number of carbonyl (C=O) groups excluding carboxylic acids is 1. The Morgan fingerprint density at radius 1 is 1.14 bits per heavy atom. The first-order valence-corrected chi connectivity index (χ1v) is 7.74. The highest BCUT2D eigenvalue weighted by atomic mass is 16.6. The van der Waals surface area contributed by atoms with Gasteiger partial charge in [-0.3, -0.25) is 0 Å². The molecule has 0 N–H and O–H groups in total. The molecule has 21 heavy (non-hydrogen) atoms. The topological polar surface area (TPSA) is 26.3 Å². The lowest BCUT2D eigenvalue weighted by Crippen LogP contribution is -2.29. The zero-order chi connectivity index (χ0) is 15.7. The van der Waals surface area contributed by atoms with Crippen LogP contribution in [0.25, 0.3) is 0 Å². The number of hydrogen-bond acceptors (Lipinski definition) is 2. The summed E-state index contributed by atoms with van der Waals surface area (Å²) in [6.45, 7) is 12.0. The summed E-state index contributed by atoms with van der Waals surface area (Å²) in [6, 6.07) is 8.56. The first kappa shape index (κ1) is 15.8. The first-order chi connectivity index (χ1) is 9.74. The average molecular weight is 286 g/mol. The highest BCUT2D eigenvalue weighted by Crippen LogP contribution is 2.43. The smallest absolute Gasteiger partial charge is 0.333 e. The van der Waals surface area contributed by atoms with E-state index in [1.807, 2.05) is 0 Å². The van der Waals surface area contributed by atoms with Crippen LogP contribution in [-0.2, 0) is 20.5 Å². The molecule has 0 unspecified atom stereocenters. The molecule has 114 valence electrons. The maximum absolute atomic E-state index is 12.0. The van der Waals surface area contributed by atoms with E-state index >= 15 is 0 Å². The van der Waals surface area contributed by atoms with Crippen LogP contribution in [0, 0.1) is 0 Å². The van der Waals surface area contributed by atoms with Crippen molar-refractivity contribution in [2.24, 2.45) is 0 Å². The summed E-state index contributed by atoms with van der Waals surface area (Å²) >= 11 is 0. The summed E-state index contributed by atoms with van der Waals surface area (Å²) in [5.41, 5.74) is 2.56. The zero-order valence-corrected chi connectivity index (χ0v) is 13.7. The fraction of sp³-hybridized carbons (Fsp3) is 0.526. The molecule has 0 spiro atoms. The van der Waals surface area contributed by atoms with Crippen LogP contribution in [0.3, 0.4) is 0 Å². The predicted octanol–water partition coefficient (Wildman–Crippen LogP) is 4.87. The number of esters is 1. The van der Waals surface area contributed by atoms with Crippen molar-refractivity contribution in [1.29, 1.82) is 0 Å². The van der Waals surface area contributed by atoms with Gasteiger partial charge in [-0.05, 0) is 49.1 Å². The molecule has 1 fully saturated rings. The Bertz CT molecular complexity index is 526. The second kappa shape index (κ2) is 5.67. The molecule has 2 rings (SSSR count). The van der Waals surface area contributed by atoms with Crippen molar-refractivity contribution in [2.75, 3.05) is 0 Å². The van der Waals surface area contributed by atoms with Gasteiger partial charge in [0.1, 0.15) is 5.60 Å². The van der Waals surface area contributed by atoms with Gasteiger partial charge in [0.25, 0.3) is 0 Å². The summed E-state index contributed by atoms with van der Waals surface area (Å²) in [7, 11) is 0. The molecule has 0 aromatic heterocycles. The Kier molecular flexibility index (Phi) is 4.27. The van der Waals surface area contributed by atoms with Crippen LogP contribution in [0.2, 0.25) is 0 Å². The molecule has 0 saturated heterocycles. The molecule has 1 aliphatic rings. The Balaban J connectivity index is 2.30. The maximum Gasteiger partial charge on any atom is 0.333 e. The van der Waals surface area contributed by atoms with Crippen molar-refractivity contribution in [3.63, 3.8) is 0 Å². The predicted molar refractivity (Wildman–Crippen MR) is 86.2 cm³/mol. The fourth-order valence-electron chi connectivity index (χ4n) is 2.93. The minimum atomic E-state index is -0.452. The van der Waals surface area contributed by atoms with Crippen LogP contribution in [-0.4, -0.2) is 5.97 Å². The molecule has 0 amide bonds. The van der Waals surface area contributed by atoms with Crippen molar-refractivity contribution < 1.29 is 9.53 Å². The second-order valence-corrected chi connectivity index (χ2v) is 7.20. The number of hydrogen-bond donors (Lipinski definition) is 0. The van der Waals surface area contributed by atoms with Crippen molar-refractivity contribution in [3.05, 3.63) is 47.5 Å². The third-order valence-corrected chi connectivity index (χ3v) is 4.32. The lowest BCUT2D eigenvalue weighted by molar-refractivity contribution is -0.155. The van der Waals surface area contributed by atoms with Crippen LogP contribution in [0.4, 0.5) is 0 Å². The summed E-state index contributed by atoms with van der Waals surface area (Å²) in [6.07, 6.45) is 4.01. The highest BCUT2D eigenvalue weighted by molar-refractivity contribution is 5.87. The van der Waals surface area contributed by atoms with Gasteiger partial charge in [-0.25, -0.2) is 4.79 Å².